The Balaban J connectivity index is 1.72. The molecule has 0 unspecified atom stereocenters. The molecule has 6 heteroatoms. The zero-order valence-corrected chi connectivity index (χ0v) is 16.5. The van der Waals surface area contributed by atoms with Crippen LogP contribution in [0.2, 0.25) is 0 Å². The molecule has 4 rings (SSSR count). The highest BCUT2D eigenvalue weighted by Gasteiger charge is 2.24. The second-order valence-electron chi connectivity index (χ2n) is 6.54. The summed E-state index contributed by atoms with van der Waals surface area (Å²) in [4.78, 5) is 26.0. The van der Waals surface area contributed by atoms with Crippen LogP contribution in [-0.2, 0) is 0 Å². The average molecular weight is 401 g/mol. The van der Waals surface area contributed by atoms with Crippen LogP contribution in [0.4, 0.5) is 5.88 Å². The van der Waals surface area contributed by atoms with Crippen LogP contribution in [0.1, 0.15) is 26.3 Å². The number of carbonyl (C=O) groups is 2. The van der Waals surface area contributed by atoms with Gasteiger partial charge in [-0.25, -0.2) is 0 Å². The first-order chi connectivity index (χ1) is 14.6. The lowest BCUT2D eigenvalue weighted by Gasteiger charge is -2.07. The van der Waals surface area contributed by atoms with Gasteiger partial charge in [0.2, 0.25) is 5.88 Å². The van der Waals surface area contributed by atoms with E-state index < -0.39 is 0 Å². The van der Waals surface area contributed by atoms with Gasteiger partial charge in [-0.15, -0.1) is 0 Å². The first-order valence-electron chi connectivity index (χ1n) is 9.26. The molecule has 0 spiro atoms. The molecule has 1 amide bonds. The van der Waals surface area contributed by atoms with E-state index in [1.54, 1.807) is 74.9 Å². The minimum atomic E-state index is -0.388. The minimum Gasteiger partial charge on any atom is -0.497 e. The molecule has 1 heterocycles. The van der Waals surface area contributed by atoms with E-state index in [1.165, 1.54) is 0 Å². The van der Waals surface area contributed by atoms with E-state index in [0.717, 1.165) is 0 Å². The van der Waals surface area contributed by atoms with Crippen molar-refractivity contribution in [3.8, 4) is 11.5 Å². The fraction of sp³-hybridized carbons (Fsp3) is 0.0833. The van der Waals surface area contributed by atoms with Crippen molar-refractivity contribution in [1.82, 2.24) is 0 Å². The van der Waals surface area contributed by atoms with Crippen LogP contribution in [0.25, 0.3) is 11.0 Å². The number of nitrogens with one attached hydrogen (secondary N) is 1. The molecule has 4 aromatic rings. The monoisotopic (exact) mass is 401 g/mol. The molecular weight excluding hydrogens is 382 g/mol. The summed E-state index contributed by atoms with van der Waals surface area (Å²) in [5.74, 6) is 0.758. The number of carbonyl (C=O) groups excluding carboxylic acids is 2. The van der Waals surface area contributed by atoms with Gasteiger partial charge in [0.1, 0.15) is 17.1 Å². The van der Waals surface area contributed by atoms with Crippen LogP contribution in [0.3, 0.4) is 0 Å². The molecule has 150 valence electrons. The molecule has 3 aromatic carbocycles. The Bertz CT molecular complexity index is 1210. The molecule has 0 fully saturated rings. The van der Waals surface area contributed by atoms with Gasteiger partial charge in [0, 0.05) is 16.5 Å². The van der Waals surface area contributed by atoms with Crippen molar-refractivity contribution in [2.75, 3.05) is 19.5 Å². The number of methoxy groups -OCH3 is 2. The van der Waals surface area contributed by atoms with E-state index in [1.807, 2.05) is 12.1 Å². The Kier molecular flexibility index (Phi) is 5.22. The first-order valence-corrected chi connectivity index (χ1v) is 9.26. The molecule has 0 aliphatic carbocycles. The van der Waals surface area contributed by atoms with Gasteiger partial charge in [-0.3, -0.25) is 14.9 Å². The molecule has 0 atom stereocenters. The predicted octanol–water partition coefficient (Wildman–Crippen LogP) is 4.93. The van der Waals surface area contributed by atoms with Crippen molar-refractivity contribution in [2.45, 2.75) is 0 Å². The van der Waals surface area contributed by atoms with Crippen LogP contribution in [0.5, 0.6) is 11.5 Å². The number of ether oxygens (including phenoxy) is 2. The number of hydrogen-bond acceptors (Lipinski definition) is 5. The van der Waals surface area contributed by atoms with Crippen molar-refractivity contribution in [2.24, 2.45) is 0 Å². The predicted molar refractivity (Wildman–Crippen MR) is 114 cm³/mol. The largest absolute Gasteiger partial charge is 0.497 e. The molecule has 0 radical (unpaired) electrons. The van der Waals surface area contributed by atoms with Crippen molar-refractivity contribution >= 4 is 28.5 Å². The highest BCUT2D eigenvalue weighted by atomic mass is 16.5. The molecule has 1 N–H and O–H groups in total. The second-order valence-corrected chi connectivity index (χ2v) is 6.54. The lowest BCUT2D eigenvalue weighted by Crippen LogP contribution is -2.14. The van der Waals surface area contributed by atoms with E-state index in [9.17, 15) is 9.59 Å². The Labute approximate surface area is 173 Å². The van der Waals surface area contributed by atoms with E-state index in [2.05, 4.69) is 5.32 Å². The number of furan rings is 1. The summed E-state index contributed by atoms with van der Waals surface area (Å²) in [5, 5.41) is 3.36. The van der Waals surface area contributed by atoms with Gasteiger partial charge in [-0.05, 0) is 54.6 Å². The van der Waals surface area contributed by atoms with E-state index >= 15 is 0 Å². The van der Waals surface area contributed by atoms with Crippen LogP contribution >= 0.6 is 0 Å². The maximum absolute atomic E-state index is 13.3. The summed E-state index contributed by atoms with van der Waals surface area (Å²) >= 11 is 0. The van der Waals surface area contributed by atoms with Crippen molar-refractivity contribution in [3.63, 3.8) is 0 Å². The molecule has 30 heavy (non-hydrogen) atoms. The number of benzene rings is 3. The number of amides is 1. The summed E-state index contributed by atoms with van der Waals surface area (Å²) in [7, 11) is 3.12. The molecule has 1 aromatic heterocycles. The Morgan fingerprint density at radius 2 is 1.33 bits per heavy atom. The summed E-state index contributed by atoms with van der Waals surface area (Å²) < 4.78 is 16.1. The summed E-state index contributed by atoms with van der Waals surface area (Å²) in [5.41, 5.74) is 1.69. The van der Waals surface area contributed by atoms with E-state index in [-0.39, 0.29) is 17.6 Å². The molecule has 0 saturated carbocycles. The van der Waals surface area contributed by atoms with Gasteiger partial charge in [0.15, 0.2) is 5.78 Å². The summed E-state index contributed by atoms with van der Waals surface area (Å²) in [6.07, 6.45) is 0. The lowest BCUT2D eigenvalue weighted by atomic mass is 10.0. The van der Waals surface area contributed by atoms with Crippen molar-refractivity contribution in [3.05, 3.63) is 89.5 Å². The van der Waals surface area contributed by atoms with Crippen LogP contribution in [-0.4, -0.2) is 25.9 Å². The molecule has 0 bridgehead atoms. The SMILES string of the molecule is COc1ccc(C(=O)Nc2oc3ccccc3c2C(=O)c2ccc(OC)cc2)cc1. The summed E-state index contributed by atoms with van der Waals surface area (Å²) in [6, 6.07) is 20.6. The third kappa shape index (κ3) is 3.63. The average Bonchev–Trinajstić information content (AvgIpc) is 3.16. The summed E-state index contributed by atoms with van der Waals surface area (Å²) in [6.45, 7) is 0. The van der Waals surface area contributed by atoms with Crippen molar-refractivity contribution < 1.29 is 23.5 Å². The Hall–Kier alpha value is -4.06. The zero-order valence-electron chi connectivity index (χ0n) is 16.5. The van der Waals surface area contributed by atoms with Gasteiger partial charge < -0.3 is 13.9 Å². The number of hydrogen-bond donors (Lipinski definition) is 1. The topological polar surface area (TPSA) is 77.8 Å². The quantitative estimate of drug-likeness (QED) is 0.463. The van der Waals surface area contributed by atoms with Crippen LogP contribution in [0, 0.1) is 0 Å². The van der Waals surface area contributed by atoms with E-state index in [0.29, 0.717) is 39.2 Å². The van der Waals surface area contributed by atoms with Gasteiger partial charge in [-0.1, -0.05) is 18.2 Å². The molecule has 0 saturated heterocycles. The number of fused-ring (bicyclic) bond motifs is 1. The van der Waals surface area contributed by atoms with E-state index in [4.69, 9.17) is 13.9 Å². The zero-order chi connectivity index (χ0) is 21.1. The normalized spacial score (nSPS) is 10.6. The minimum absolute atomic E-state index is 0.109. The number of ketones is 1. The van der Waals surface area contributed by atoms with Crippen LogP contribution in [0.15, 0.2) is 77.2 Å². The van der Waals surface area contributed by atoms with Crippen molar-refractivity contribution in [1.29, 1.82) is 0 Å². The lowest BCUT2D eigenvalue weighted by molar-refractivity contribution is 0.102. The van der Waals surface area contributed by atoms with Gasteiger partial charge >= 0.3 is 0 Å². The van der Waals surface area contributed by atoms with Gasteiger partial charge in [0.25, 0.3) is 5.91 Å². The number of anilines is 1. The molecular formula is C24H19NO5. The standard InChI is InChI=1S/C24H19NO5/c1-28-17-11-7-15(8-12-17)22(26)21-19-5-3-4-6-20(19)30-24(21)25-23(27)16-9-13-18(29-2)14-10-16/h3-14H,1-2H3,(H,25,27). The third-order valence-electron chi connectivity index (χ3n) is 4.75. The fourth-order valence-corrected chi connectivity index (χ4v) is 3.16. The van der Waals surface area contributed by atoms with Crippen LogP contribution < -0.4 is 14.8 Å². The first kappa shape index (κ1) is 19.3. The third-order valence-corrected chi connectivity index (χ3v) is 4.75. The number of rotatable bonds is 6. The maximum atomic E-state index is 13.3. The Morgan fingerprint density at radius 1 is 0.767 bits per heavy atom. The molecule has 0 aliphatic rings. The Morgan fingerprint density at radius 3 is 1.93 bits per heavy atom. The highest BCUT2D eigenvalue weighted by molar-refractivity contribution is 6.21. The smallest absolute Gasteiger partial charge is 0.257 e. The fourth-order valence-electron chi connectivity index (χ4n) is 3.16. The molecule has 0 aliphatic heterocycles. The van der Waals surface area contributed by atoms with Gasteiger partial charge in [0.05, 0.1) is 19.8 Å². The highest BCUT2D eigenvalue weighted by Crippen LogP contribution is 2.32. The number of para-hydroxylation sites is 1. The van der Waals surface area contributed by atoms with Gasteiger partial charge in [-0.2, -0.15) is 0 Å². The second kappa shape index (κ2) is 8.13. The maximum Gasteiger partial charge on any atom is 0.257 e. The molecule has 6 nitrogen and oxygen atoms in total.